The average Bonchev–Trinajstić information content (AvgIpc) is 2.67. The predicted molar refractivity (Wildman–Crippen MR) is 115 cm³/mol. The van der Waals surface area contributed by atoms with Gasteiger partial charge in [-0.2, -0.15) is 0 Å². The minimum atomic E-state index is -0.140. The van der Waals surface area contributed by atoms with Crippen molar-refractivity contribution in [3.63, 3.8) is 0 Å². The van der Waals surface area contributed by atoms with Gasteiger partial charge in [0.2, 0.25) is 5.91 Å². The summed E-state index contributed by atoms with van der Waals surface area (Å²) in [4.78, 5) is 33.9. The molecule has 0 aromatic heterocycles. The van der Waals surface area contributed by atoms with Gasteiger partial charge in [0.15, 0.2) is 0 Å². The molecule has 2 heterocycles. The fourth-order valence-corrected chi connectivity index (χ4v) is 4.91. The number of rotatable bonds is 4. The highest BCUT2D eigenvalue weighted by Gasteiger charge is 2.31. The van der Waals surface area contributed by atoms with Gasteiger partial charge in [-0.3, -0.25) is 19.4 Å². The summed E-state index contributed by atoms with van der Waals surface area (Å²) in [5.41, 5.74) is 0.365. The van der Waals surface area contributed by atoms with Crippen LogP contribution in [0.4, 0.5) is 0 Å². The lowest BCUT2D eigenvalue weighted by Gasteiger charge is -2.43. The predicted octanol–water partition coefficient (Wildman–Crippen LogP) is 2.45. The zero-order chi connectivity index (χ0) is 20.4. The van der Waals surface area contributed by atoms with Crippen molar-refractivity contribution in [3.05, 3.63) is 33.8 Å². The molecule has 0 N–H and O–H groups in total. The summed E-state index contributed by atoms with van der Waals surface area (Å²) >= 11 is 12.3. The Balaban J connectivity index is 1.23. The van der Waals surface area contributed by atoms with Gasteiger partial charge in [-0.1, -0.05) is 35.7 Å². The Bertz CT molecular complexity index is 735. The third-order valence-electron chi connectivity index (χ3n) is 6.45. The maximum absolute atomic E-state index is 12.8. The van der Waals surface area contributed by atoms with Crippen molar-refractivity contribution < 1.29 is 9.59 Å². The smallest absolute Gasteiger partial charge is 0.256 e. The Labute approximate surface area is 182 Å². The minimum Gasteiger partial charge on any atom is -0.339 e. The molecule has 2 saturated heterocycles. The molecule has 0 atom stereocenters. The molecule has 2 aliphatic heterocycles. The average molecular weight is 439 g/mol. The second-order valence-electron chi connectivity index (χ2n) is 8.17. The first-order valence-corrected chi connectivity index (χ1v) is 11.3. The lowest BCUT2D eigenvalue weighted by molar-refractivity contribution is -0.135. The molecule has 0 bridgehead atoms. The second-order valence-corrected chi connectivity index (χ2v) is 8.98. The highest BCUT2D eigenvalue weighted by Crippen LogP contribution is 2.27. The van der Waals surface area contributed by atoms with Gasteiger partial charge in [-0.25, -0.2) is 0 Å². The van der Waals surface area contributed by atoms with Crippen LogP contribution in [-0.2, 0) is 4.79 Å². The largest absolute Gasteiger partial charge is 0.339 e. The number of hydrogen-bond donors (Lipinski definition) is 0. The van der Waals surface area contributed by atoms with Crippen LogP contribution < -0.4 is 0 Å². The van der Waals surface area contributed by atoms with Crippen molar-refractivity contribution in [1.29, 1.82) is 0 Å². The van der Waals surface area contributed by atoms with Crippen LogP contribution in [-0.4, -0.2) is 96.4 Å². The van der Waals surface area contributed by atoms with Crippen molar-refractivity contribution in [2.45, 2.75) is 25.3 Å². The van der Waals surface area contributed by atoms with E-state index in [1.54, 1.807) is 23.1 Å². The molecule has 0 spiro atoms. The molecule has 1 saturated carbocycles. The Hall–Kier alpha value is -1.34. The maximum atomic E-state index is 12.8. The molecule has 29 heavy (non-hydrogen) atoms. The van der Waals surface area contributed by atoms with Gasteiger partial charge in [0.1, 0.15) is 0 Å². The van der Waals surface area contributed by atoms with E-state index in [0.717, 1.165) is 32.2 Å². The summed E-state index contributed by atoms with van der Waals surface area (Å²) in [5.74, 6) is 0.0610. The minimum absolute atomic E-state index is 0.140. The molecule has 3 aliphatic rings. The standard InChI is InChI=1S/C21H28Cl2N4O2/c22-17-5-2-6-18(23)20(17)21(29)27-9-7-24(8-10-27)15-19(28)26-13-11-25(12-14-26)16-3-1-4-16/h2,5-6,16H,1,3-4,7-15H2. The van der Waals surface area contributed by atoms with Gasteiger partial charge in [0.05, 0.1) is 22.2 Å². The monoisotopic (exact) mass is 438 g/mol. The van der Waals surface area contributed by atoms with Gasteiger partial charge in [-0.15, -0.1) is 0 Å². The first-order valence-electron chi connectivity index (χ1n) is 10.5. The van der Waals surface area contributed by atoms with Crippen LogP contribution in [0.1, 0.15) is 29.6 Å². The molecule has 0 unspecified atom stereocenters. The Morgan fingerprint density at radius 2 is 1.45 bits per heavy atom. The quantitative estimate of drug-likeness (QED) is 0.723. The lowest BCUT2D eigenvalue weighted by Crippen LogP contribution is -2.56. The van der Waals surface area contributed by atoms with E-state index < -0.39 is 0 Å². The molecule has 1 aromatic carbocycles. The zero-order valence-electron chi connectivity index (χ0n) is 16.7. The van der Waals surface area contributed by atoms with E-state index in [4.69, 9.17) is 23.2 Å². The maximum Gasteiger partial charge on any atom is 0.256 e. The number of nitrogens with zero attached hydrogens (tertiary/aromatic N) is 4. The van der Waals surface area contributed by atoms with Crippen LogP contribution in [0.3, 0.4) is 0 Å². The molecular weight excluding hydrogens is 411 g/mol. The summed E-state index contributed by atoms with van der Waals surface area (Å²) in [6, 6.07) is 5.85. The molecule has 1 aliphatic carbocycles. The van der Waals surface area contributed by atoms with E-state index >= 15 is 0 Å². The lowest BCUT2D eigenvalue weighted by atomic mass is 9.91. The number of amides is 2. The first kappa shape index (κ1) is 20.9. The van der Waals surface area contributed by atoms with Gasteiger partial charge in [0, 0.05) is 58.4 Å². The van der Waals surface area contributed by atoms with Crippen molar-refractivity contribution in [2.24, 2.45) is 0 Å². The van der Waals surface area contributed by atoms with Crippen molar-refractivity contribution >= 4 is 35.0 Å². The summed E-state index contributed by atoms with van der Waals surface area (Å²) in [7, 11) is 0. The third kappa shape index (κ3) is 4.71. The summed E-state index contributed by atoms with van der Waals surface area (Å²) in [6.45, 7) is 6.60. The zero-order valence-corrected chi connectivity index (χ0v) is 18.2. The number of hydrogen-bond acceptors (Lipinski definition) is 4. The highest BCUT2D eigenvalue weighted by molar-refractivity contribution is 6.39. The van der Waals surface area contributed by atoms with Gasteiger partial charge < -0.3 is 9.80 Å². The Kier molecular flexibility index (Phi) is 6.64. The number of benzene rings is 1. The third-order valence-corrected chi connectivity index (χ3v) is 7.08. The second kappa shape index (κ2) is 9.21. The molecule has 6 nitrogen and oxygen atoms in total. The van der Waals surface area contributed by atoms with Gasteiger partial charge in [0.25, 0.3) is 5.91 Å². The van der Waals surface area contributed by atoms with Crippen molar-refractivity contribution in [1.82, 2.24) is 19.6 Å². The molecular formula is C21H28Cl2N4O2. The van der Waals surface area contributed by atoms with E-state index in [9.17, 15) is 9.59 Å². The van der Waals surface area contributed by atoms with E-state index in [2.05, 4.69) is 9.80 Å². The van der Waals surface area contributed by atoms with E-state index in [-0.39, 0.29) is 11.8 Å². The van der Waals surface area contributed by atoms with Gasteiger partial charge in [-0.05, 0) is 25.0 Å². The number of halogens is 2. The number of carbonyl (C=O) groups excluding carboxylic acids is 2. The fraction of sp³-hybridized carbons (Fsp3) is 0.619. The molecule has 8 heteroatoms. The van der Waals surface area contributed by atoms with E-state index in [1.165, 1.54) is 19.3 Å². The van der Waals surface area contributed by atoms with E-state index in [1.807, 2.05) is 4.90 Å². The Morgan fingerprint density at radius 3 is 2.00 bits per heavy atom. The number of carbonyl (C=O) groups is 2. The van der Waals surface area contributed by atoms with Crippen LogP contribution in [0.15, 0.2) is 18.2 Å². The molecule has 0 radical (unpaired) electrons. The summed E-state index contributed by atoms with van der Waals surface area (Å²) < 4.78 is 0. The first-order chi connectivity index (χ1) is 14.0. The number of piperazine rings is 2. The SMILES string of the molecule is O=C(CN1CCN(C(=O)c2c(Cl)cccc2Cl)CC1)N1CCN(C2CCC2)CC1. The van der Waals surface area contributed by atoms with Crippen LogP contribution in [0.25, 0.3) is 0 Å². The summed E-state index contributed by atoms with van der Waals surface area (Å²) in [5, 5.41) is 0.752. The topological polar surface area (TPSA) is 47.1 Å². The fourth-order valence-electron chi connectivity index (χ4n) is 4.35. The molecule has 3 fully saturated rings. The highest BCUT2D eigenvalue weighted by atomic mass is 35.5. The normalized spacial score (nSPS) is 21.9. The molecule has 2 amide bonds. The Morgan fingerprint density at radius 1 is 0.862 bits per heavy atom. The summed E-state index contributed by atoms with van der Waals surface area (Å²) in [6.07, 6.45) is 3.98. The molecule has 1 aromatic rings. The van der Waals surface area contributed by atoms with Crippen LogP contribution in [0, 0.1) is 0 Å². The van der Waals surface area contributed by atoms with Gasteiger partial charge >= 0.3 is 0 Å². The van der Waals surface area contributed by atoms with Crippen LogP contribution >= 0.6 is 23.2 Å². The molecule has 158 valence electrons. The van der Waals surface area contributed by atoms with Crippen molar-refractivity contribution in [3.8, 4) is 0 Å². The van der Waals surface area contributed by atoms with Crippen molar-refractivity contribution in [2.75, 3.05) is 58.9 Å². The van der Waals surface area contributed by atoms with Crippen LogP contribution in [0.2, 0.25) is 10.0 Å². The van der Waals surface area contributed by atoms with E-state index in [0.29, 0.717) is 48.3 Å². The van der Waals surface area contributed by atoms with Crippen LogP contribution in [0.5, 0.6) is 0 Å². The molecule has 4 rings (SSSR count).